The molecule has 2 heterocycles. The van der Waals surface area contributed by atoms with Crippen LogP contribution in [0.1, 0.15) is 19.3 Å². The largest absolute Gasteiger partial charge is 0.497 e. The lowest BCUT2D eigenvalue weighted by Crippen LogP contribution is -2.28. The van der Waals surface area contributed by atoms with Gasteiger partial charge >= 0.3 is 0 Å². The first-order valence-corrected chi connectivity index (χ1v) is 10.1. The van der Waals surface area contributed by atoms with Crippen molar-refractivity contribution in [2.75, 3.05) is 12.4 Å². The van der Waals surface area contributed by atoms with Gasteiger partial charge in [0.2, 0.25) is 16.0 Å². The summed E-state index contributed by atoms with van der Waals surface area (Å²) in [6, 6.07) is 7.33. The number of methoxy groups -OCH3 is 1. The summed E-state index contributed by atoms with van der Waals surface area (Å²) in [7, 11) is -1.91. The molecule has 1 aliphatic rings. The molecule has 0 bridgehead atoms. The van der Waals surface area contributed by atoms with Crippen molar-refractivity contribution in [1.29, 1.82) is 0 Å². The van der Waals surface area contributed by atoms with Crippen molar-refractivity contribution in [3.8, 4) is 11.4 Å². The second-order valence-electron chi connectivity index (χ2n) is 6.47. The van der Waals surface area contributed by atoms with Gasteiger partial charge in [-0.3, -0.25) is 0 Å². The minimum absolute atomic E-state index is 0.0453. The molecule has 0 aliphatic heterocycles. The summed E-state index contributed by atoms with van der Waals surface area (Å²) in [5.74, 6) is 1.14. The third-order valence-corrected chi connectivity index (χ3v) is 6.05. The molecule has 27 heavy (non-hydrogen) atoms. The standard InChI is InChI=1S/C16H19N7O3S/c1-26-12-5-3-11(4-6-12)23-15-14(21-22-23)9-18-16(20-15)19-10-2-7-13(8-10)27(17,24)25/h3-6,9-10,13H,2,7-8H2,1H3,(H2,17,24,25)(H,18,19,20)/t10-,13-/m0/s1. The van der Waals surface area contributed by atoms with Gasteiger partial charge in [0.25, 0.3) is 0 Å². The molecule has 0 unspecified atom stereocenters. The first-order valence-electron chi connectivity index (χ1n) is 8.45. The van der Waals surface area contributed by atoms with Crippen LogP contribution < -0.4 is 15.2 Å². The minimum Gasteiger partial charge on any atom is -0.497 e. The van der Waals surface area contributed by atoms with E-state index >= 15 is 0 Å². The lowest BCUT2D eigenvalue weighted by molar-refractivity contribution is 0.414. The van der Waals surface area contributed by atoms with Gasteiger partial charge in [-0.2, -0.15) is 9.67 Å². The Bertz CT molecular complexity index is 1070. The predicted octanol–water partition coefficient (Wildman–Crippen LogP) is 0.841. The molecule has 1 aliphatic carbocycles. The Kier molecular flexibility index (Phi) is 4.40. The summed E-state index contributed by atoms with van der Waals surface area (Å²) >= 11 is 0. The summed E-state index contributed by atoms with van der Waals surface area (Å²) in [6.07, 6.45) is 3.25. The predicted molar refractivity (Wildman–Crippen MR) is 99.2 cm³/mol. The number of nitrogens with one attached hydrogen (secondary N) is 1. The van der Waals surface area contributed by atoms with E-state index in [4.69, 9.17) is 9.88 Å². The maximum Gasteiger partial charge on any atom is 0.225 e. The molecule has 1 saturated carbocycles. The van der Waals surface area contributed by atoms with Crippen LogP contribution in [-0.4, -0.2) is 51.8 Å². The molecule has 2 atom stereocenters. The van der Waals surface area contributed by atoms with Crippen LogP contribution >= 0.6 is 0 Å². The molecular weight excluding hydrogens is 370 g/mol. The fraction of sp³-hybridized carbons (Fsp3) is 0.375. The van der Waals surface area contributed by atoms with Crippen LogP contribution in [0.15, 0.2) is 30.5 Å². The van der Waals surface area contributed by atoms with E-state index in [0.717, 1.165) is 11.4 Å². The van der Waals surface area contributed by atoms with Gasteiger partial charge in [0.15, 0.2) is 11.2 Å². The van der Waals surface area contributed by atoms with E-state index in [2.05, 4.69) is 25.6 Å². The number of benzene rings is 1. The molecule has 0 saturated heterocycles. The maximum atomic E-state index is 11.5. The first kappa shape index (κ1) is 17.6. The zero-order chi connectivity index (χ0) is 19.0. The molecule has 0 radical (unpaired) electrons. The normalized spacial score (nSPS) is 20.1. The molecule has 4 rings (SSSR count). The van der Waals surface area contributed by atoms with Crippen LogP contribution in [0.2, 0.25) is 0 Å². The van der Waals surface area contributed by atoms with Crippen molar-refractivity contribution in [2.24, 2.45) is 5.14 Å². The fourth-order valence-corrected chi connectivity index (χ4v) is 4.21. The highest BCUT2D eigenvalue weighted by Crippen LogP contribution is 2.26. The van der Waals surface area contributed by atoms with Gasteiger partial charge in [-0.15, -0.1) is 5.10 Å². The molecule has 11 heteroatoms. The average molecular weight is 389 g/mol. The quantitative estimate of drug-likeness (QED) is 0.655. The van der Waals surface area contributed by atoms with E-state index in [0.29, 0.717) is 36.4 Å². The fourth-order valence-electron chi connectivity index (χ4n) is 3.25. The van der Waals surface area contributed by atoms with Crippen LogP contribution in [0.3, 0.4) is 0 Å². The zero-order valence-corrected chi connectivity index (χ0v) is 15.4. The summed E-state index contributed by atoms with van der Waals surface area (Å²) in [5, 5.41) is 16.1. The average Bonchev–Trinajstić information content (AvgIpc) is 3.28. The Morgan fingerprint density at radius 2 is 2.04 bits per heavy atom. The Morgan fingerprint density at radius 3 is 2.70 bits per heavy atom. The number of ether oxygens (including phenoxy) is 1. The number of nitrogens with two attached hydrogens (primary N) is 1. The van der Waals surface area contributed by atoms with Gasteiger partial charge in [0, 0.05) is 6.04 Å². The Labute approximate surface area is 155 Å². The van der Waals surface area contributed by atoms with E-state index in [1.165, 1.54) is 0 Å². The number of nitrogens with zero attached hydrogens (tertiary/aromatic N) is 5. The molecule has 3 aromatic rings. The van der Waals surface area contributed by atoms with Crippen molar-refractivity contribution in [3.05, 3.63) is 30.5 Å². The lowest BCUT2D eigenvalue weighted by Gasteiger charge is -2.12. The molecule has 2 aromatic heterocycles. The first-order chi connectivity index (χ1) is 12.9. The van der Waals surface area contributed by atoms with Gasteiger partial charge in [0.1, 0.15) is 5.75 Å². The molecule has 0 spiro atoms. The van der Waals surface area contributed by atoms with Gasteiger partial charge in [0.05, 0.1) is 24.2 Å². The SMILES string of the molecule is COc1ccc(-n2nnc3cnc(N[C@H]4CC[C@H](S(N)(=O)=O)C4)nc32)cc1. The highest BCUT2D eigenvalue weighted by atomic mass is 32.2. The number of aromatic nitrogens is 5. The number of hydrogen-bond acceptors (Lipinski definition) is 8. The topological polar surface area (TPSA) is 138 Å². The summed E-state index contributed by atoms with van der Waals surface area (Å²) < 4.78 is 29.8. The van der Waals surface area contributed by atoms with Crippen LogP contribution in [0.25, 0.3) is 16.9 Å². The van der Waals surface area contributed by atoms with Gasteiger partial charge in [-0.1, -0.05) is 5.21 Å². The molecule has 10 nitrogen and oxygen atoms in total. The molecule has 1 fully saturated rings. The Morgan fingerprint density at radius 1 is 1.26 bits per heavy atom. The minimum atomic E-state index is -3.52. The number of anilines is 1. The molecule has 142 valence electrons. The third-order valence-electron chi connectivity index (χ3n) is 4.69. The Hall–Kier alpha value is -2.79. The van der Waals surface area contributed by atoms with Crippen LogP contribution in [0.5, 0.6) is 5.75 Å². The van der Waals surface area contributed by atoms with E-state index in [1.54, 1.807) is 18.0 Å². The van der Waals surface area contributed by atoms with E-state index in [9.17, 15) is 8.42 Å². The summed E-state index contributed by atoms with van der Waals surface area (Å²) in [4.78, 5) is 8.76. The summed E-state index contributed by atoms with van der Waals surface area (Å²) in [6.45, 7) is 0. The molecule has 1 aromatic carbocycles. The second kappa shape index (κ2) is 6.74. The molecular formula is C16H19N7O3S. The van der Waals surface area contributed by atoms with E-state index < -0.39 is 15.3 Å². The third kappa shape index (κ3) is 3.55. The van der Waals surface area contributed by atoms with Crippen molar-refractivity contribution in [2.45, 2.75) is 30.6 Å². The van der Waals surface area contributed by atoms with Crippen LogP contribution in [0, 0.1) is 0 Å². The highest BCUT2D eigenvalue weighted by molar-refractivity contribution is 7.89. The van der Waals surface area contributed by atoms with E-state index in [1.807, 2.05) is 24.3 Å². The summed E-state index contributed by atoms with van der Waals surface area (Å²) in [5.41, 5.74) is 1.90. The lowest BCUT2D eigenvalue weighted by atomic mass is 10.2. The van der Waals surface area contributed by atoms with Crippen LogP contribution in [-0.2, 0) is 10.0 Å². The monoisotopic (exact) mass is 389 g/mol. The van der Waals surface area contributed by atoms with Gasteiger partial charge in [-0.05, 0) is 43.5 Å². The second-order valence-corrected chi connectivity index (χ2v) is 8.31. The van der Waals surface area contributed by atoms with Crippen molar-refractivity contribution in [3.63, 3.8) is 0 Å². The van der Waals surface area contributed by atoms with Crippen molar-refractivity contribution >= 4 is 27.1 Å². The molecule has 3 N–H and O–H groups in total. The van der Waals surface area contributed by atoms with Crippen molar-refractivity contribution < 1.29 is 13.2 Å². The van der Waals surface area contributed by atoms with Crippen molar-refractivity contribution in [1.82, 2.24) is 25.0 Å². The number of fused-ring (bicyclic) bond motifs is 1. The number of rotatable bonds is 5. The zero-order valence-electron chi connectivity index (χ0n) is 14.6. The Balaban J connectivity index is 1.58. The molecule has 0 amide bonds. The number of primary sulfonamides is 1. The smallest absolute Gasteiger partial charge is 0.225 e. The number of hydrogen-bond donors (Lipinski definition) is 2. The number of sulfonamides is 1. The maximum absolute atomic E-state index is 11.5. The van der Waals surface area contributed by atoms with E-state index in [-0.39, 0.29) is 6.04 Å². The van der Waals surface area contributed by atoms with Gasteiger partial charge < -0.3 is 10.1 Å². The van der Waals surface area contributed by atoms with Gasteiger partial charge in [-0.25, -0.2) is 18.5 Å². The van der Waals surface area contributed by atoms with Crippen LogP contribution in [0.4, 0.5) is 5.95 Å². The highest BCUT2D eigenvalue weighted by Gasteiger charge is 2.32.